The Labute approximate surface area is 264 Å². The number of piperazine rings is 1. The van der Waals surface area contributed by atoms with Gasteiger partial charge in [-0.2, -0.15) is 22.2 Å². The smallest absolute Gasteiger partial charge is 0.448 e. The zero-order chi connectivity index (χ0) is 34.3. The summed E-state index contributed by atoms with van der Waals surface area (Å²) in [6.07, 6.45) is -5.92. The first-order chi connectivity index (χ1) is 22.1. The van der Waals surface area contributed by atoms with E-state index in [1.807, 2.05) is 0 Å². The van der Waals surface area contributed by atoms with Gasteiger partial charge < -0.3 is 25.6 Å². The number of carbonyl (C=O) groups is 3. The second kappa shape index (κ2) is 12.8. The van der Waals surface area contributed by atoms with Crippen molar-refractivity contribution in [3.63, 3.8) is 0 Å². The third kappa shape index (κ3) is 6.85. The van der Waals surface area contributed by atoms with Crippen LogP contribution >= 0.6 is 0 Å². The highest BCUT2D eigenvalue weighted by atomic mass is 32.2. The maximum Gasteiger partial charge on any atom is 0.471 e. The van der Waals surface area contributed by atoms with Crippen LogP contribution in [0.2, 0.25) is 0 Å². The molecule has 13 nitrogen and oxygen atoms in total. The Balaban J connectivity index is 1.37. The van der Waals surface area contributed by atoms with Crippen molar-refractivity contribution in [3.8, 4) is 0 Å². The fraction of sp³-hybridized carbons (Fsp3) is 0.357. The molecule has 0 unspecified atom stereocenters. The van der Waals surface area contributed by atoms with Gasteiger partial charge in [-0.05, 0) is 37.3 Å². The molecule has 19 heteroatoms. The van der Waals surface area contributed by atoms with Gasteiger partial charge in [-0.25, -0.2) is 22.0 Å². The van der Waals surface area contributed by atoms with Gasteiger partial charge in [0.25, 0.3) is 5.91 Å². The van der Waals surface area contributed by atoms with Crippen LogP contribution in [0.5, 0.6) is 0 Å². The average molecular weight is 686 g/mol. The van der Waals surface area contributed by atoms with Gasteiger partial charge in [0.15, 0.2) is 5.82 Å². The molecule has 1 saturated heterocycles. The number of alkyl halides is 3. The van der Waals surface area contributed by atoms with Crippen LogP contribution in [0, 0.1) is 11.6 Å². The Morgan fingerprint density at radius 3 is 2.26 bits per heavy atom. The van der Waals surface area contributed by atoms with Crippen LogP contribution in [0.3, 0.4) is 0 Å². The summed E-state index contributed by atoms with van der Waals surface area (Å²) in [6.45, 7) is 0.804. The molecule has 0 saturated carbocycles. The number of hydrogen-bond donors (Lipinski definition) is 2. The van der Waals surface area contributed by atoms with Crippen LogP contribution in [0.15, 0.2) is 41.3 Å². The lowest BCUT2D eigenvalue weighted by Gasteiger charge is -2.36. The minimum absolute atomic E-state index is 0.00261. The molecule has 0 spiro atoms. The van der Waals surface area contributed by atoms with Crippen LogP contribution in [0.4, 0.5) is 43.9 Å². The van der Waals surface area contributed by atoms with E-state index in [1.165, 1.54) is 18.2 Å². The maximum absolute atomic E-state index is 13.8. The molecule has 0 aliphatic carbocycles. The normalized spacial score (nSPS) is 15.7. The number of carbonyl (C=O) groups excluding carboxylic acids is 3. The lowest BCUT2D eigenvalue weighted by Crippen LogP contribution is -2.52. The van der Waals surface area contributed by atoms with E-state index in [0.29, 0.717) is 28.8 Å². The highest BCUT2D eigenvalue weighted by molar-refractivity contribution is 7.89. The Bertz CT molecular complexity index is 1820. The zero-order valence-electron chi connectivity index (χ0n) is 24.7. The first-order valence-corrected chi connectivity index (χ1v) is 15.6. The van der Waals surface area contributed by atoms with Crippen molar-refractivity contribution in [1.82, 2.24) is 19.0 Å². The summed E-state index contributed by atoms with van der Waals surface area (Å²) in [4.78, 5) is 39.3. The number of nitrogens with zero attached hydrogens (tertiary/aromatic N) is 5. The molecule has 0 bridgehead atoms. The summed E-state index contributed by atoms with van der Waals surface area (Å²) in [5, 5.41) is 6.70. The molecule has 252 valence electrons. The Kier molecular flexibility index (Phi) is 9.13. The maximum atomic E-state index is 13.8. The number of benzene rings is 2. The summed E-state index contributed by atoms with van der Waals surface area (Å²) in [5.41, 5.74) is 7.01. The van der Waals surface area contributed by atoms with Gasteiger partial charge >= 0.3 is 18.2 Å². The van der Waals surface area contributed by atoms with E-state index in [9.17, 15) is 44.8 Å². The number of nitrogens with two attached hydrogens (primary N) is 1. The Morgan fingerprint density at radius 1 is 1.00 bits per heavy atom. The van der Waals surface area contributed by atoms with Crippen molar-refractivity contribution in [2.45, 2.75) is 31.0 Å². The number of sulfonamides is 1. The Morgan fingerprint density at radius 2 is 1.66 bits per heavy atom. The number of rotatable bonds is 6. The molecule has 0 atom stereocenters. The molecule has 3 aromatic rings. The Hall–Kier alpha value is -4.78. The van der Waals surface area contributed by atoms with Crippen molar-refractivity contribution in [2.75, 3.05) is 55.3 Å². The lowest BCUT2D eigenvalue weighted by molar-refractivity contribution is -0.185. The SMILES string of the molecule is CCOC(=O)n1nc(NC(=O)c2ccc(N3CCN(C(=O)C(F)(F)F)CC3)cc2N)c2c1CCN(S(=O)(=O)c1cc(F)cc(F)c1)C2. The van der Waals surface area contributed by atoms with Gasteiger partial charge in [-0.1, -0.05) is 0 Å². The van der Waals surface area contributed by atoms with Gasteiger partial charge in [0.05, 0.1) is 22.8 Å². The molecule has 0 radical (unpaired) electrons. The van der Waals surface area contributed by atoms with E-state index in [-0.39, 0.29) is 74.1 Å². The number of amides is 2. The summed E-state index contributed by atoms with van der Waals surface area (Å²) in [5.74, 6) is -5.06. The first kappa shape index (κ1) is 33.6. The first-order valence-electron chi connectivity index (χ1n) is 14.2. The van der Waals surface area contributed by atoms with Crippen molar-refractivity contribution < 1.29 is 49.5 Å². The number of halogens is 5. The lowest BCUT2D eigenvalue weighted by atomic mass is 10.1. The average Bonchev–Trinajstić information content (AvgIpc) is 3.37. The van der Waals surface area contributed by atoms with Crippen molar-refractivity contribution >= 4 is 45.1 Å². The molecule has 2 amide bonds. The summed E-state index contributed by atoms with van der Waals surface area (Å²) >= 11 is 0. The van der Waals surface area contributed by atoms with E-state index in [4.69, 9.17) is 10.5 Å². The summed E-state index contributed by atoms with van der Waals surface area (Å²) < 4.78 is 99.5. The van der Waals surface area contributed by atoms with Crippen LogP contribution in [0.25, 0.3) is 0 Å². The molecule has 1 fully saturated rings. The van der Waals surface area contributed by atoms with Gasteiger partial charge in [0.2, 0.25) is 10.0 Å². The number of hydrogen-bond acceptors (Lipinski definition) is 9. The quantitative estimate of drug-likeness (QED) is 0.294. The molecule has 1 aromatic heterocycles. The van der Waals surface area contributed by atoms with Crippen molar-refractivity contribution in [1.29, 1.82) is 0 Å². The molecule has 2 aliphatic heterocycles. The topological polar surface area (TPSA) is 160 Å². The molecular weight excluding hydrogens is 657 g/mol. The fourth-order valence-electron chi connectivity index (χ4n) is 5.34. The van der Waals surface area contributed by atoms with E-state index in [2.05, 4.69) is 10.4 Å². The number of nitrogens with one attached hydrogen (secondary N) is 1. The van der Waals surface area contributed by atoms with Gasteiger partial charge in [-0.15, -0.1) is 5.10 Å². The highest BCUT2D eigenvalue weighted by Crippen LogP contribution is 2.32. The number of ether oxygens (including phenoxy) is 1. The van der Waals surface area contributed by atoms with Gasteiger partial charge in [0, 0.05) is 68.7 Å². The van der Waals surface area contributed by atoms with E-state index in [0.717, 1.165) is 8.99 Å². The minimum Gasteiger partial charge on any atom is -0.448 e. The van der Waals surface area contributed by atoms with Crippen LogP contribution in [0.1, 0.15) is 28.5 Å². The second-order valence-electron chi connectivity index (χ2n) is 10.6. The number of aromatic nitrogens is 2. The largest absolute Gasteiger partial charge is 0.471 e. The third-order valence-corrected chi connectivity index (χ3v) is 9.45. The monoisotopic (exact) mass is 685 g/mol. The fourth-order valence-corrected chi connectivity index (χ4v) is 6.79. The predicted octanol–water partition coefficient (Wildman–Crippen LogP) is 2.96. The third-order valence-electron chi connectivity index (χ3n) is 7.62. The molecule has 2 aromatic carbocycles. The van der Waals surface area contributed by atoms with Gasteiger partial charge in [-0.3, -0.25) is 9.59 Å². The van der Waals surface area contributed by atoms with Crippen LogP contribution in [-0.2, 0) is 32.5 Å². The van der Waals surface area contributed by atoms with Crippen LogP contribution < -0.4 is 16.0 Å². The van der Waals surface area contributed by atoms with Gasteiger partial charge in [0.1, 0.15) is 11.6 Å². The van der Waals surface area contributed by atoms with Crippen molar-refractivity contribution in [3.05, 3.63) is 64.9 Å². The summed E-state index contributed by atoms with van der Waals surface area (Å²) in [7, 11) is -4.42. The van der Waals surface area contributed by atoms with Crippen molar-refractivity contribution in [2.24, 2.45) is 0 Å². The van der Waals surface area contributed by atoms with E-state index in [1.54, 1.807) is 11.8 Å². The molecular formula is C28H28F5N7O6S. The molecule has 3 N–H and O–H groups in total. The zero-order valence-corrected chi connectivity index (χ0v) is 25.5. The molecule has 2 aliphatic rings. The predicted molar refractivity (Wildman–Crippen MR) is 156 cm³/mol. The van der Waals surface area contributed by atoms with Crippen LogP contribution in [-0.4, -0.2) is 90.8 Å². The molecule has 47 heavy (non-hydrogen) atoms. The number of nitrogen functional groups attached to an aromatic ring is 1. The standard InChI is InChI=1S/C28H28F5N7O6S/c1-2-46-27(43)40-23-5-6-39(47(44,45)19-12-16(29)11-17(30)13-19)15-21(23)24(36-40)35-25(41)20-4-3-18(14-22(20)34)37-7-9-38(10-8-37)26(42)28(31,32)33/h3-4,11-14H,2,5-10,15,34H2,1H3,(H,35,36,41). The summed E-state index contributed by atoms with van der Waals surface area (Å²) in [6, 6.07) is 6.21. The molecule has 3 heterocycles. The van der Waals surface area contributed by atoms with E-state index < -0.39 is 57.2 Å². The highest BCUT2D eigenvalue weighted by Gasteiger charge is 2.43. The number of anilines is 3. The van der Waals surface area contributed by atoms with E-state index >= 15 is 0 Å². The number of fused-ring (bicyclic) bond motifs is 1. The molecule has 5 rings (SSSR count). The minimum atomic E-state index is -4.97. The second-order valence-corrected chi connectivity index (χ2v) is 12.5.